The summed E-state index contributed by atoms with van der Waals surface area (Å²) in [4.78, 5) is 8.76. The summed E-state index contributed by atoms with van der Waals surface area (Å²) >= 11 is 0. The highest BCUT2D eigenvalue weighted by Crippen LogP contribution is 2.17. The summed E-state index contributed by atoms with van der Waals surface area (Å²) in [6.45, 7) is 4.49. The van der Waals surface area contributed by atoms with E-state index in [-0.39, 0.29) is 0 Å². The predicted molar refractivity (Wildman–Crippen MR) is 80.8 cm³/mol. The molecule has 3 rings (SSSR count). The molecule has 5 heteroatoms. The zero-order chi connectivity index (χ0) is 14.7. The topological polar surface area (TPSA) is 63.8 Å². The van der Waals surface area contributed by atoms with E-state index >= 15 is 0 Å². The summed E-state index contributed by atoms with van der Waals surface area (Å²) < 4.78 is 5.14. The molecular weight excluding hydrogens is 264 g/mol. The van der Waals surface area contributed by atoms with E-state index < -0.39 is 0 Å². The summed E-state index contributed by atoms with van der Waals surface area (Å²) in [7, 11) is 0. The van der Waals surface area contributed by atoms with Gasteiger partial charge in [-0.2, -0.15) is 0 Å². The fourth-order valence-electron chi connectivity index (χ4n) is 2.10. The Morgan fingerprint density at radius 3 is 2.38 bits per heavy atom. The molecule has 0 aliphatic rings. The highest BCUT2D eigenvalue weighted by atomic mass is 16.5. The summed E-state index contributed by atoms with van der Waals surface area (Å²) in [5, 5.41) is 7.22. The van der Waals surface area contributed by atoms with Crippen LogP contribution < -0.4 is 5.32 Å². The van der Waals surface area contributed by atoms with Gasteiger partial charge < -0.3 is 9.84 Å². The van der Waals surface area contributed by atoms with Crippen molar-refractivity contribution in [2.45, 2.75) is 20.4 Å². The predicted octanol–water partition coefficient (Wildman–Crippen LogP) is 3.36. The standard InChI is InChI=1S/C16H16N4O/c1-11-15(12(2)21-20-11)10-17-14-8-18-16(19-9-14)13-6-4-3-5-7-13/h3-9,17H,10H2,1-2H3. The van der Waals surface area contributed by atoms with Crippen LogP contribution in [0.1, 0.15) is 17.0 Å². The third kappa shape index (κ3) is 2.91. The molecule has 5 nitrogen and oxygen atoms in total. The van der Waals surface area contributed by atoms with Gasteiger partial charge in [-0.1, -0.05) is 35.5 Å². The van der Waals surface area contributed by atoms with Crippen LogP contribution in [0.3, 0.4) is 0 Å². The van der Waals surface area contributed by atoms with Crippen molar-refractivity contribution in [3.8, 4) is 11.4 Å². The SMILES string of the molecule is Cc1noc(C)c1CNc1cnc(-c2ccccc2)nc1. The van der Waals surface area contributed by atoms with E-state index in [1.54, 1.807) is 12.4 Å². The second-order valence-corrected chi connectivity index (χ2v) is 4.82. The average molecular weight is 280 g/mol. The van der Waals surface area contributed by atoms with E-state index in [1.165, 1.54) is 0 Å². The second-order valence-electron chi connectivity index (χ2n) is 4.82. The van der Waals surface area contributed by atoms with Crippen molar-refractivity contribution in [3.63, 3.8) is 0 Å². The van der Waals surface area contributed by atoms with Crippen LogP contribution in [-0.4, -0.2) is 15.1 Å². The molecule has 0 amide bonds. The minimum absolute atomic E-state index is 0.648. The Morgan fingerprint density at radius 1 is 1.05 bits per heavy atom. The van der Waals surface area contributed by atoms with Crippen molar-refractivity contribution in [1.29, 1.82) is 0 Å². The highest BCUT2D eigenvalue weighted by molar-refractivity contribution is 5.55. The molecule has 0 saturated heterocycles. The molecule has 0 bridgehead atoms. The van der Waals surface area contributed by atoms with E-state index in [4.69, 9.17) is 4.52 Å². The first-order valence-electron chi connectivity index (χ1n) is 6.77. The molecule has 0 atom stereocenters. The molecular formula is C16H16N4O. The molecule has 1 aromatic carbocycles. The third-order valence-corrected chi connectivity index (χ3v) is 3.33. The molecule has 0 aliphatic carbocycles. The number of aromatic nitrogens is 3. The molecule has 0 fully saturated rings. The molecule has 2 heterocycles. The molecule has 3 aromatic rings. The zero-order valence-corrected chi connectivity index (χ0v) is 12.0. The second kappa shape index (κ2) is 5.75. The number of nitrogens with zero attached hydrogens (tertiary/aromatic N) is 3. The van der Waals surface area contributed by atoms with Gasteiger partial charge in [0.2, 0.25) is 0 Å². The van der Waals surface area contributed by atoms with Crippen molar-refractivity contribution in [3.05, 3.63) is 59.7 Å². The van der Waals surface area contributed by atoms with Crippen molar-refractivity contribution in [1.82, 2.24) is 15.1 Å². The maximum absolute atomic E-state index is 5.14. The van der Waals surface area contributed by atoms with E-state index in [1.807, 2.05) is 44.2 Å². The number of nitrogens with one attached hydrogen (secondary N) is 1. The molecule has 0 unspecified atom stereocenters. The van der Waals surface area contributed by atoms with Gasteiger partial charge in [0, 0.05) is 17.7 Å². The van der Waals surface area contributed by atoms with Gasteiger partial charge in [0.25, 0.3) is 0 Å². The van der Waals surface area contributed by atoms with Gasteiger partial charge in [-0.3, -0.25) is 0 Å². The summed E-state index contributed by atoms with van der Waals surface area (Å²) in [6.07, 6.45) is 3.57. The lowest BCUT2D eigenvalue weighted by Crippen LogP contribution is -2.02. The highest BCUT2D eigenvalue weighted by Gasteiger charge is 2.08. The smallest absolute Gasteiger partial charge is 0.159 e. The third-order valence-electron chi connectivity index (χ3n) is 3.33. The lowest BCUT2D eigenvalue weighted by molar-refractivity contribution is 0.392. The lowest BCUT2D eigenvalue weighted by Gasteiger charge is -2.06. The average Bonchev–Trinajstić information content (AvgIpc) is 2.85. The first-order valence-corrected chi connectivity index (χ1v) is 6.77. The molecule has 106 valence electrons. The molecule has 21 heavy (non-hydrogen) atoms. The largest absolute Gasteiger partial charge is 0.378 e. The zero-order valence-electron chi connectivity index (χ0n) is 12.0. The minimum Gasteiger partial charge on any atom is -0.378 e. The van der Waals surface area contributed by atoms with E-state index in [0.29, 0.717) is 6.54 Å². The summed E-state index contributed by atoms with van der Waals surface area (Å²) in [5.41, 5.74) is 3.86. The fourth-order valence-corrected chi connectivity index (χ4v) is 2.10. The molecule has 0 saturated carbocycles. The van der Waals surface area contributed by atoms with Gasteiger partial charge in [0.1, 0.15) is 5.76 Å². The van der Waals surface area contributed by atoms with Crippen molar-refractivity contribution in [2.24, 2.45) is 0 Å². The van der Waals surface area contributed by atoms with Crippen LogP contribution >= 0.6 is 0 Å². The van der Waals surface area contributed by atoms with Gasteiger partial charge in [-0.15, -0.1) is 0 Å². The van der Waals surface area contributed by atoms with Crippen LogP contribution in [0.2, 0.25) is 0 Å². The number of aryl methyl sites for hydroxylation is 2. The number of anilines is 1. The van der Waals surface area contributed by atoms with E-state index in [9.17, 15) is 0 Å². The molecule has 1 N–H and O–H groups in total. The monoisotopic (exact) mass is 280 g/mol. The summed E-state index contributed by atoms with van der Waals surface area (Å²) in [6, 6.07) is 9.91. The van der Waals surface area contributed by atoms with Crippen molar-refractivity contribution in [2.75, 3.05) is 5.32 Å². The summed E-state index contributed by atoms with van der Waals surface area (Å²) in [5.74, 6) is 1.56. The maximum atomic E-state index is 5.14. The van der Waals surface area contributed by atoms with Crippen molar-refractivity contribution < 1.29 is 4.52 Å². The Balaban J connectivity index is 1.71. The van der Waals surface area contributed by atoms with Gasteiger partial charge in [0.05, 0.1) is 23.8 Å². The minimum atomic E-state index is 0.648. The van der Waals surface area contributed by atoms with Gasteiger partial charge in [0.15, 0.2) is 5.82 Å². The Bertz CT molecular complexity index is 700. The van der Waals surface area contributed by atoms with Crippen LogP contribution in [0.5, 0.6) is 0 Å². The maximum Gasteiger partial charge on any atom is 0.159 e. The molecule has 0 spiro atoms. The Labute approximate surface area is 123 Å². The van der Waals surface area contributed by atoms with Crippen LogP contribution in [0, 0.1) is 13.8 Å². The molecule has 0 aliphatic heterocycles. The first kappa shape index (κ1) is 13.3. The van der Waals surface area contributed by atoms with Crippen LogP contribution in [0.15, 0.2) is 47.2 Å². The Morgan fingerprint density at radius 2 is 1.76 bits per heavy atom. The first-order chi connectivity index (χ1) is 10.2. The number of hydrogen-bond acceptors (Lipinski definition) is 5. The normalized spacial score (nSPS) is 10.6. The van der Waals surface area contributed by atoms with E-state index in [2.05, 4.69) is 20.4 Å². The van der Waals surface area contributed by atoms with Gasteiger partial charge >= 0.3 is 0 Å². The van der Waals surface area contributed by atoms with Crippen LogP contribution in [-0.2, 0) is 6.54 Å². The number of benzene rings is 1. The molecule has 2 aromatic heterocycles. The number of hydrogen-bond donors (Lipinski definition) is 1. The Hall–Kier alpha value is -2.69. The lowest BCUT2D eigenvalue weighted by atomic mass is 10.2. The van der Waals surface area contributed by atoms with Crippen LogP contribution in [0.25, 0.3) is 11.4 Å². The van der Waals surface area contributed by atoms with Crippen molar-refractivity contribution >= 4 is 5.69 Å². The fraction of sp³-hybridized carbons (Fsp3) is 0.188. The Kier molecular flexibility index (Phi) is 3.64. The van der Waals surface area contributed by atoms with Crippen LogP contribution in [0.4, 0.5) is 5.69 Å². The van der Waals surface area contributed by atoms with Gasteiger partial charge in [-0.05, 0) is 13.8 Å². The van der Waals surface area contributed by atoms with E-state index in [0.717, 1.165) is 34.1 Å². The van der Waals surface area contributed by atoms with Gasteiger partial charge in [-0.25, -0.2) is 9.97 Å². The molecule has 0 radical (unpaired) electrons. The quantitative estimate of drug-likeness (QED) is 0.794. The number of rotatable bonds is 4.